The van der Waals surface area contributed by atoms with E-state index in [1.54, 1.807) is 11.3 Å². The number of rotatable bonds is 6. The molecule has 0 bridgehead atoms. The van der Waals surface area contributed by atoms with Crippen LogP contribution in [0.4, 0.5) is 0 Å². The minimum atomic E-state index is -0.0240. The van der Waals surface area contributed by atoms with Gasteiger partial charge in [0.2, 0.25) is 12.7 Å². The Bertz CT molecular complexity index is 874. The number of thiophene rings is 1. The van der Waals surface area contributed by atoms with Gasteiger partial charge in [-0.05, 0) is 35.2 Å². The van der Waals surface area contributed by atoms with Gasteiger partial charge in [-0.2, -0.15) is 16.4 Å². The molecule has 4 rings (SSSR count). The predicted octanol–water partition coefficient (Wildman–Crippen LogP) is 2.70. The van der Waals surface area contributed by atoms with Crippen molar-refractivity contribution in [1.82, 2.24) is 15.1 Å². The fourth-order valence-corrected chi connectivity index (χ4v) is 3.31. The monoisotopic (exact) mass is 355 g/mol. The molecule has 0 atom stereocenters. The maximum absolute atomic E-state index is 12.1. The molecule has 3 heterocycles. The van der Waals surface area contributed by atoms with E-state index in [0.717, 1.165) is 22.6 Å². The SMILES string of the molecule is O=C(Cc1ccc2c(c1)OCO2)NCCn1ccc(-c2ccsc2)n1. The summed E-state index contributed by atoms with van der Waals surface area (Å²) in [4.78, 5) is 12.1. The van der Waals surface area contributed by atoms with Crippen LogP contribution >= 0.6 is 11.3 Å². The van der Waals surface area contributed by atoms with Crippen molar-refractivity contribution >= 4 is 17.2 Å². The summed E-state index contributed by atoms with van der Waals surface area (Å²) in [6.45, 7) is 1.41. The number of amides is 1. The van der Waals surface area contributed by atoms with Gasteiger partial charge in [-0.25, -0.2) is 0 Å². The van der Waals surface area contributed by atoms with E-state index in [4.69, 9.17) is 9.47 Å². The van der Waals surface area contributed by atoms with E-state index in [0.29, 0.717) is 25.3 Å². The molecular weight excluding hydrogens is 338 g/mol. The molecule has 3 aromatic rings. The quantitative estimate of drug-likeness (QED) is 0.738. The summed E-state index contributed by atoms with van der Waals surface area (Å²) in [5.74, 6) is 1.40. The smallest absolute Gasteiger partial charge is 0.231 e. The van der Waals surface area contributed by atoms with E-state index in [9.17, 15) is 4.79 Å². The Hall–Kier alpha value is -2.80. The Morgan fingerprint density at radius 2 is 2.16 bits per heavy atom. The Labute approximate surface area is 149 Å². The van der Waals surface area contributed by atoms with Crippen LogP contribution in [0.2, 0.25) is 0 Å². The van der Waals surface area contributed by atoms with Gasteiger partial charge in [0.1, 0.15) is 0 Å². The van der Waals surface area contributed by atoms with Gasteiger partial charge in [-0.15, -0.1) is 0 Å². The summed E-state index contributed by atoms with van der Waals surface area (Å²) in [7, 11) is 0. The second-order valence-electron chi connectivity index (χ2n) is 5.69. The minimum absolute atomic E-state index is 0.0240. The molecule has 0 fully saturated rings. The first kappa shape index (κ1) is 15.7. The van der Waals surface area contributed by atoms with Crippen molar-refractivity contribution in [3.63, 3.8) is 0 Å². The highest BCUT2D eigenvalue weighted by molar-refractivity contribution is 7.08. The highest BCUT2D eigenvalue weighted by Crippen LogP contribution is 2.32. The normalized spacial score (nSPS) is 12.3. The average molecular weight is 355 g/mol. The number of ether oxygens (including phenoxy) is 2. The zero-order valence-electron chi connectivity index (χ0n) is 13.5. The van der Waals surface area contributed by atoms with Crippen LogP contribution in [0.15, 0.2) is 47.3 Å². The van der Waals surface area contributed by atoms with Gasteiger partial charge in [0.15, 0.2) is 11.5 Å². The van der Waals surface area contributed by atoms with Crippen LogP contribution in [-0.4, -0.2) is 29.0 Å². The highest BCUT2D eigenvalue weighted by Gasteiger charge is 2.14. The van der Waals surface area contributed by atoms with Crippen molar-refractivity contribution in [2.24, 2.45) is 0 Å². The standard InChI is InChI=1S/C18H17N3O3S/c22-18(10-13-1-2-16-17(9-13)24-12-23-16)19-5-7-21-6-3-15(20-21)14-4-8-25-11-14/h1-4,6,8-9,11H,5,7,10,12H2,(H,19,22). The molecule has 0 aliphatic carbocycles. The molecule has 2 aromatic heterocycles. The van der Waals surface area contributed by atoms with E-state index >= 15 is 0 Å². The van der Waals surface area contributed by atoms with Crippen LogP contribution in [0.5, 0.6) is 11.5 Å². The van der Waals surface area contributed by atoms with Crippen LogP contribution in [0.1, 0.15) is 5.56 Å². The summed E-state index contributed by atoms with van der Waals surface area (Å²) in [5.41, 5.74) is 2.98. The molecular formula is C18H17N3O3S. The van der Waals surface area contributed by atoms with E-state index in [-0.39, 0.29) is 12.7 Å². The molecule has 7 heteroatoms. The minimum Gasteiger partial charge on any atom is -0.454 e. The van der Waals surface area contributed by atoms with Crippen molar-refractivity contribution < 1.29 is 14.3 Å². The van der Waals surface area contributed by atoms with Gasteiger partial charge in [0, 0.05) is 23.7 Å². The molecule has 1 aliphatic rings. The van der Waals surface area contributed by atoms with E-state index in [1.165, 1.54) is 0 Å². The van der Waals surface area contributed by atoms with Crippen LogP contribution in [0.25, 0.3) is 11.3 Å². The van der Waals surface area contributed by atoms with Crippen molar-refractivity contribution in [3.05, 3.63) is 52.9 Å². The Balaban J connectivity index is 1.26. The molecule has 0 saturated carbocycles. The highest BCUT2D eigenvalue weighted by atomic mass is 32.1. The summed E-state index contributed by atoms with van der Waals surface area (Å²) < 4.78 is 12.4. The number of carbonyl (C=O) groups excluding carboxylic acids is 1. The van der Waals surface area contributed by atoms with Crippen LogP contribution in [-0.2, 0) is 17.8 Å². The number of aromatic nitrogens is 2. The molecule has 1 N–H and O–H groups in total. The maximum Gasteiger partial charge on any atom is 0.231 e. The lowest BCUT2D eigenvalue weighted by molar-refractivity contribution is -0.120. The summed E-state index contributed by atoms with van der Waals surface area (Å²) in [5, 5.41) is 11.5. The Morgan fingerprint density at radius 3 is 3.04 bits per heavy atom. The number of hydrogen-bond donors (Lipinski definition) is 1. The molecule has 25 heavy (non-hydrogen) atoms. The Kier molecular flexibility index (Phi) is 4.39. The van der Waals surface area contributed by atoms with E-state index in [1.807, 2.05) is 46.6 Å². The lowest BCUT2D eigenvalue weighted by atomic mass is 10.1. The fraction of sp³-hybridized carbons (Fsp3) is 0.222. The van der Waals surface area contributed by atoms with E-state index in [2.05, 4.69) is 15.8 Å². The molecule has 6 nitrogen and oxygen atoms in total. The summed E-state index contributed by atoms with van der Waals surface area (Å²) in [6, 6.07) is 9.60. The molecule has 0 unspecified atom stereocenters. The first-order chi connectivity index (χ1) is 12.3. The van der Waals surface area contributed by atoms with Crippen molar-refractivity contribution in [2.75, 3.05) is 13.3 Å². The van der Waals surface area contributed by atoms with Crippen LogP contribution < -0.4 is 14.8 Å². The molecule has 1 aliphatic heterocycles. The first-order valence-corrected chi connectivity index (χ1v) is 8.93. The van der Waals surface area contributed by atoms with Crippen molar-refractivity contribution in [1.29, 1.82) is 0 Å². The fourth-order valence-electron chi connectivity index (χ4n) is 2.66. The van der Waals surface area contributed by atoms with Gasteiger partial charge in [-0.3, -0.25) is 9.48 Å². The topological polar surface area (TPSA) is 65.4 Å². The summed E-state index contributed by atoms with van der Waals surface area (Å²) >= 11 is 1.65. The number of hydrogen-bond acceptors (Lipinski definition) is 5. The summed E-state index contributed by atoms with van der Waals surface area (Å²) in [6.07, 6.45) is 2.24. The predicted molar refractivity (Wildman–Crippen MR) is 94.8 cm³/mol. The second kappa shape index (κ2) is 6.98. The van der Waals surface area contributed by atoms with Gasteiger partial charge in [-0.1, -0.05) is 6.07 Å². The number of nitrogens with zero attached hydrogens (tertiary/aromatic N) is 2. The van der Waals surface area contributed by atoms with Gasteiger partial charge >= 0.3 is 0 Å². The van der Waals surface area contributed by atoms with Crippen molar-refractivity contribution in [2.45, 2.75) is 13.0 Å². The molecule has 0 saturated heterocycles. The molecule has 128 valence electrons. The zero-order chi connectivity index (χ0) is 17.1. The van der Waals surface area contributed by atoms with Crippen LogP contribution in [0, 0.1) is 0 Å². The van der Waals surface area contributed by atoms with Crippen molar-refractivity contribution in [3.8, 4) is 22.8 Å². The Morgan fingerprint density at radius 1 is 1.24 bits per heavy atom. The molecule has 1 amide bonds. The lowest BCUT2D eigenvalue weighted by Gasteiger charge is -2.06. The molecule has 0 spiro atoms. The van der Waals surface area contributed by atoms with Gasteiger partial charge < -0.3 is 14.8 Å². The lowest BCUT2D eigenvalue weighted by Crippen LogP contribution is -2.28. The largest absolute Gasteiger partial charge is 0.454 e. The second-order valence-corrected chi connectivity index (χ2v) is 6.47. The third-order valence-electron chi connectivity index (χ3n) is 3.92. The number of carbonyl (C=O) groups is 1. The molecule has 1 aromatic carbocycles. The number of fused-ring (bicyclic) bond motifs is 1. The third-order valence-corrected chi connectivity index (χ3v) is 4.61. The number of nitrogens with one attached hydrogen (secondary N) is 1. The number of benzene rings is 1. The molecule has 0 radical (unpaired) electrons. The van der Waals surface area contributed by atoms with E-state index < -0.39 is 0 Å². The zero-order valence-corrected chi connectivity index (χ0v) is 14.3. The maximum atomic E-state index is 12.1. The first-order valence-electron chi connectivity index (χ1n) is 7.99. The van der Waals surface area contributed by atoms with Gasteiger partial charge in [0.25, 0.3) is 0 Å². The average Bonchev–Trinajstić information content (AvgIpc) is 3.35. The third kappa shape index (κ3) is 3.66. The van der Waals surface area contributed by atoms with Crippen LogP contribution in [0.3, 0.4) is 0 Å². The van der Waals surface area contributed by atoms with Gasteiger partial charge in [0.05, 0.1) is 18.7 Å².